The van der Waals surface area contributed by atoms with Crippen molar-refractivity contribution in [3.05, 3.63) is 23.8 Å². The molecule has 5 nitrogen and oxygen atoms in total. The first-order chi connectivity index (χ1) is 13.2. The smallest absolute Gasteiger partial charge is 0.251 e. The summed E-state index contributed by atoms with van der Waals surface area (Å²) in [4.78, 5) is 30.0. The highest BCUT2D eigenvalue weighted by Gasteiger charge is 2.55. The van der Waals surface area contributed by atoms with Crippen LogP contribution < -0.4 is 9.64 Å². The summed E-state index contributed by atoms with van der Waals surface area (Å²) in [7, 11) is 0. The standard InChI is InChI=1S/C22H30N2O3S/c1-6-27-15-7-8-17-16(11-15)14(2)12-21(3,4)24(17)20(26)18-13-28-22(5)10-9-19(25)23(18)22/h7-8,11,14,18H,6,9-10,12-13H2,1-5H3. The molecule has 3 aliphatic rings. The molecule has 3 unspecified atom stereocenters. The van der Waals surface area contributed by atoms with Crippen LogP contribution in [0.15, 0.2) is 18.2 Å². The van der Waals surface area contributed by atoms with Gasteiger partial charge in [-0.15, -0.1) is 11.8 Å². The highest BCUT2D eigenvalue weighted by Crippen LogP contribution is 2.50. The molecule has 3 heterocycles. The fraction of sp³-hybridized carbons (Fsp3) is 0.636. The zero-order chi connectivity index (χ0) is 20.3. The second-order valence-electron chi connectivity index (χ2n) is 9.01. The van der Waals surface area contributed by atoms with Crippen LogP contribution in [-0.2, 0) is 9.59 Å². The summed E-state index contributed by atoms with van der Waals surface area (Å²) in [5.74, 6) is 2.02. The molecule has 3 aliphatic heterocycles. The van der Waals surface area contributed by atoms with Crippen molar-refractivity contribution in [2.45, 2.75) is 76.3 Å². The van der Waals surface area contributed by atoms with Crippen LogP contribution in [0.1, 0.15) is 65.4 Å². The van der Waals surface area contributed by atoms with E-state index in [9.17, 15) is 9.59 Å². The van der Waals surface area contributed by atoms with E-state index in [1.54, 1.807) is 11.8 Å². The molecule has 0 spiro atoms. The maximum atomic E-state index is 13.8. The van der Waals surface area contributed by atoms with Crippen LogP contribution >= 0.6 is 11.8 Å². The third-order valence-corrected chi connectivity index (χ3v) is 7.95. The molecule has 0 aliphatic carbocycles. The SMILES string of the molecule is CCOc1ccc2c(c1)C(C)CC(C)(C)N2C(=O)C1CSC2(C)CCC(=O)N12. The minimum absolute atomic E-state index is 0.0498. The summed E-state index contributed by atoms with van der Waals surface area (Å²) in [5, 5.41) is 0. The number of carbonyl (C=O) groups excluding carboxylic acids is 2. The summed E-state index contributed by atoms with van der Waals surface area (Å²) in [6, 6.07) is 5.67. The molecule has 2 fully saturated rings. The third-order valence-electron chi connectivity index (χ3n) is 6.44. The molecular weight excluding hydrogens is 372 g/mol. The number of carbonyl (C=O) groups is 2. The van der Waals surface area contributed by atoms with Gasteiger partial charge in [0.05, 0.1) is 11.5 Å². The number of thioether (sulfide) groups is 1. The lowest BCUT2D eigenvalue weighted by Gasteiger charge is -2.47. The van der Waals surface area contributed by atoms with Crippen molar-refractivity contribution in [2.75, 3.05) is 17.3 Å². The van der Waals surface area contributed by atoms with Gasteiger partial charge >= 0.3 is 0 Å². The number of ether oxygens (including phenoxy) is 1. The normalized spacial score (nSPS) is 31.0. The third kappa shape index (κ3) is 2.92. The molecule has 28 heavy (non-hydrogen) atoms. The molecule has 3 atom stereocenters. The molecule has 2 amide bonds. The van der Waals surface area contributed by atoms with Gasteiger partial charge in [-0.1, -0.05) is 6.92 Å². The predicted molar refractivity (Wildman–Crippen MR) is 113 cm³/mol. The zero-order valence-corrected chi connectivity index (χ0v) is 18.3. The molecule has 2 saturated heterocycles. The number of hydrogen-bond acceptors (Lipinski definition) is 4. The Balaban J connectivity index is 1.73. The molecule has 4 rings (SSSR count). The monoisotopic (exact) mass is 402 g/mol. The van der Waals surface area contributed by atoms with E-state index in [0.717, 1.165) is 29.8 Å². The maximum absolute atomic E-state index is 13.8. The predicted octanol–water partition coefficient (Wildman–Crippen LogP) is 4.16. The average molecular weight is 403 g/mol. The van der Waals surface area contributed by atoms with Crippen molar-refractivity contribution in [2.24, 2.45) is 0 Å². The summed E-state index contributed by atoms with van der Waals surface area (Å²) >= 11 is 1.75. The van der Waals surface area contributed by atoms with Crippen molar-refractivity contribution in [3.8, 4) is 5.75 Å². The molecule has 1 aromatic carbocycles. The van der Waals surface area contributed by atoms with E-state index in [-0.39, 0.29) is 28.3 Å². The van der Waals surface area contributed by atoms with Crippen molar-refractivity contribution in [3.63, 3.8) is 0 Å². The van der Waals surface area contributed by atoms with Gasteiger partial charge in [-0.3, -0.25) is 9.59 Å². The lowest BCUT2D eigenvalue weighted by Crippen LogP contribution is -2.59. The molecule has 0 radical (unpaired) electrons. The number of fused-ring (bicyclic) bond motifs is 2. The minimum atomic E-state index is -0.378. The second-order valence-corrected chi connectivity index (χ2v) is 10.5. The first-order valence-corrected chi connectivity index (χ1v) is 11.2. The Bertz CT molecular complexity index is 824. The van der Waals surface area contributed by atoms with E-state index in [1.807, 2.05) is 28.9 Å². The van der Waals surface area contributed by atoms with E-state index in [4.69, 9.17) is 4.74 Å². The van der Waals surface area contributed by atoms with Gasteiger partial charge < -0.3 is 14.5 Å². The van der Waals surface area contributed by atoms with E-state index in [1.165, 1.54) is 0 Å². The Morgan fingerprint density at radius 1 is 1.32 bits per heavy atom. The number of amides is 2. The van der Waals surface area contributed by atoms with Crippen molar-refractivity contribution < 1.29 is 14.3 Å². The lowest BCUT2D eigenvalue weighted by atomic mass is 9.79. The van der Waals surface area contributed by atoms with Crippen LogP contribution in [0.4, 0.5) is 5.69 Å². The van der Waals surface area contributed by atoms with Gasteiger partial charge in [-0.2, -0.15) is 0 Å². The van der Waals surface area contributed by atoms with E-state index >= 15 is 0 Å². The van der Waals surface area contributed by atoms with Crippen molar-refractivity contribution in [1.82, 2.24) is 4.90 Å². The summed E-state index contributed by atoms with van der Waals surface area (Å²) < 4.78 is 5.69. The summed E-state index contributed by atoms with van der Waals surface area (Å²) in [6.45, 7) is 11.2. The molecule has 6 heteroatoms. The van der Waals surface area contributed by atoms with Crippen LogP contribution in [0.3, 0.4) is 0 Å². The molecule has 0 aromatic heterocycles. The van der Waals surface area contributed by atoms with Crippen molar-refractivity contribution in [1.29, 1.82) is 0 Å². The highest BCUT2D eigenvalue weighted by molar-refractivity contribution is 8.01. The number of rotatable bonds is 3. The first-order valence-electron chi connectivity index (χ1n) is 10.2. The van der Waals surface area contributed by atoms with Gasteiger partial charge in [-0.05, 0) is 70.2 Å². The highest BCUT2D eigenvalue weighted by atomic mass is 32.2. The Kier molecular flexibility index (Phi) is 4.68. The van der Waals surface area contributed by atoms with Gasteiger partial charge in [-0.25, -0.2) is 0 Å². The topological polar surface area (TPSA) is 49.9 Å². The number of nitrogens with zero attached hydrogens (tertiary/aromatic N) is 2. The maximum Gasteiger partial charge on any atom is 0.251 e. The average Bonchev–Trinajstić information content (AvgIpc) is 3.11. The quantitative estimate of drug-likeness (QED) is 0.762. The number of hydrogen-bond donors (Lipinski definition) is 0. The van der Waals surface area contributed by atoms with Gasteiger partial charge in [0, 0.05) is 23.4 Å². The molecule has 152 valence electrons. The van der Waals surface area contributed by atoms with Crippen LogP contribution in [-0.4, -0.2) is 45.5 Å². The largest absolute Gasteiger partial charge is 0.494 e. The Labute approximate surface area is 171 Å². The zero-order valence-electron chi connectivity index (χ0n) is 17.4. The van der Waals surface area contributed by atoms with Crippen LogP contribution in [0.2, 0.25) is 0 Å². The summed E-state index contributed by atoms with van der Waals surface area (Å²) in [5.41, 5.74) is 1.81. The second kappa shape index (κ2) is 6.68. The number of benzene rings is 1. The van der Waals surface area contributed by atoms with Gasteiger partial charge in [0.15, 0.2) is 0 Å². The molecular formula is C22H30N2O3S. The molecule has 1 aromatic rings. The minimum Gasteiger partial charge on any atom is -0.494 e. The van der Waals surface area contributed by atoms with E-state index in [0.29, 0.717) is 24.7 Å². The van der Waals surface area contributed by atoms with Crippen LogP contribution in [0.5, 0.6) is 5.75 Å². The van der Waals surface area contributed by atoms with Gasteiger partial charge in [0.25, 0.3) is 5.91 Å². The molecule has 0 bridgehead atoms. The lowest BCUT2D eigenvalue weighted by molar-refractivity contribution is -0.137. The van der Waals surface area contributed by atoms with Crippen LogP contribution in [0, 0.1) is 0 Å². The Morgan fingerprint density at radius 3 is 2.79 bits per heavy atom. The Morgan fingerprint density at radius 2 is 2.07 bits per heavy atom. The van der Waals surface area contributed by atoms with Gasteiger partial charge in [0.1, 0.15) is 11.8 Å². The molecule has 0 saturated carbocycles. The van der Waals surface area contributed by atoms with E-state index < -0.39 is 0 Å². The number of anilines is 1. The fourth-order valence-corrected chi connectivity index (χ4v) is 6.66. The van der Waals surface area contributed by atoms with Crippen molar-refractivity contribution >= 4 is 29.3 Å². The first kappa shape index (κ1) is 19.6. The van der Waals surface area contributed by atoms with E-state index in [2.05, 4.69) is 33.8 Å². The fourth-order valence-electron chi connectivity index (χ4n) is 5.23. The summed E-state index contributed by atoms with van der Waals surface area (Å²) in [6.07, 6.45) is 2.25. The van der Waals surface area contributed by atoms with Crippen LogP contribution in [0.25, 0.3) is 0 Å². The van der Waals surface area contributed by atoms with Gasteiger partial charge in [0.2, 0.25) is 5.91 Å². The molecule has 0 N–H and O–H groups in total. The Hall–Kier alpha value is -1.69.